The van der Waals surface area contributed by atoms with Crippen molar-refractivity contribution < 1.29 is 14.4 Å². The van der Waals surface area contributed by atoms with Crippen molar-refractivity contribution in [2.75, 3.05) is 19.8 Å². The number of ether oxygens (including phenoxy) is 2. The summed E-state index contributed by atoms with van der Waals surface area (Å²) in [6.07, 6.45) is 1.55. The molecule has 20 heavy (non-hydrogen) atoms. The van der Waals surface area contributed by atoms with Gasteiger partial charge in [-0.15, -0.1) is 0 Å². The van der Waals surface area contributed by atoms with Crippen molar-refractivity contribution in [3.8, 4) is 5.75 Å². The first-order valence-electron chi connectivity index (χ1n) is 6.93. The van der Waals surface area contributed by atoms with E-state index in [4.69, 9.17) is 9.47 Å². The summed E-state index contributed by atoms with van der Waals surface area (Å²) < 4.78 is 11.0. The van der Waals surface area contributed by atoms with Crippen molar-refractivity contribution >= 4 is 5.69 Å². The number of nitro groups is 1. The molecule has 6 nitrogen and oxygen atoms in total. The molecule has 1 N–H and O–H groups in total. The van der Waals surface area contributed by atoms with Gasteiger partial charge in [0.2, 0.25) is 0 Å². The van der Waals surface area contributed by atoms with E-state index < -0.39 is 0 Å². The summed E-state index contributed by atoms with van der Waals surface area (Å²) in [5.74, 6) is 0.349. The van der Waals surface area contributed by atoms with Crippen LogP contribution in [0, 0.1) is 10.1 Å². The van der Waals surface area contributed by atoms with Gasteiger partial charge in [0.15, 0.2) is 5.75 Å². The van der Waals surface area contributed by atoms with Crippen molar-refractivity contribution in [1.29, 1.82) is 0 Å². The van der Waals surface area contributed by atoms with Gasteiger partial charge in [0.05, 0.1) is 18.1 Å². The van der Waals surface area contributed by atoms with E-state index in [1.54, 1.807) is 12.1 Å². The number of nitrogens with zero attached hydrogens (tertiary/aromatic N) is 1. The fraction of sp³-hybridized carbons (Fsp3) is 0.571. The predicted molar refractivity (Wildman–Crippen MR) is 74.9 cm³/mol. The fourth-order valence-corrected chi connectivity index (χ4v) is 2.16. The molecule has 1 heterocycles. The Balaban J connectivity index is 2.12. The Hall–Kier alpha value is -1.66. The van der Waals surface area contributed by atoms with Crippen molar-refractivity contribution in [2.24, 2.45) is 0 Å². The Kier molecular flexibility index (Phi) is 5.31. The summed E-state index contributed by atoms with van der Waals surface area (Å²) in [6.45, 7) is 4.74. The van der Waals surface area contributed by atoms with Crippen LogP contribution in [0.25, 0.3) is 0 Å². The van der Waals surface area contributed by atoms with Gasteiger partial charge in [0.1, 0.15) is 6.10 Å². The number of nitrogens with one attached hydrogen (secondary N) is 1. The first-order valence-corrected chi connectivity index (χ1v) is 6.93. The topological polar surface area (TPSA) is 73.6 Å². The second-order valence-corrected chi connectivity index (χ2v) is 4.77. The Labute approximate surface area is 118 Å². The van der Waals surface area contributed by atoms with E-state index in [1.807, 2.05) is 13.0 Å². The summed E-state index contributed by atoms with van der Waals surface area (Å²) >= 11 is 0. The third kappa shape index (κ3) is 3.91. The van der Waals surface area contributed by atoms with E-state index in [1.165, 1.54) is 0 Å². The second kappa shape index (κ2) is 7.21. The highest BCUT2D eigenvalue weighted by atomic mass is 16.6. The average molecular weight is 280 g/mol. The molecule has 1 aromatic rings. The lowest BCUT2D eigenvalue weighted by molar-refractivity contribution is -0.386. The highest BCUT2D eigenvalue weighted by molar-refractivity contribution is 5.48. The van der Waals surface area contributed by atoms with E-state index in [0.717, 1.165) is 24.9 Å². The number of hydrogen-bond donors (Lipinski definition) is 1. The van der Waals surface area contributed by atoms with Crippen LogP contribution in [0.15, 0.2) is 18.2 Å². The zero-order valence-electron chi connectivity index (χ0n) is 11.6. The molecule has 0 spiro atoms. The number of benzene rings is 1. The summed E-state index contributed by atoms with van der Waals surface area (Å²) in [5, 5.41) is 14.3. The molecule has 110 valence electrons. The molecule has 1 fully saturated rings. The maximum Gasteiger partial charge on any atom is 0.311 e. The Bertz CT molecular complexity index is 458. The Morgan fingerprint density at radius 2 is 2.20 bits per heavy atom. The van der Waals surface area contributed by atoms with Gasteiger partial charge in [0, 0.05) is 25.5 Å². The smallest absolute Gasteiger partial charge is 0.311 e. The minimum absolute atomic E-state index is 0.00191. The average Bonchev–Trinajstić information content (AvgIpc) is 2.47. The number of hydrogen-bond acceptors (Lipinski definition) is 5. The summed E-state index contributed by atoms with van der Waals surface area (Å²) in [7, 11) is 0. The van der Waals surface area contributed by atoms with Crippen LogP contribution in [-0.4, -0.2) is 30.8 Å². The molecule has 1 aliphatic rings. The van der Waals surface area contributed by atoms with Crippen LogP contribution >= 0.6 is 0 Å². The quantitative estimate of drug-likeness (QED) is 0.639. The lowest BCUT2D eigenvalue weighted by atomic mass is 10.1. The summed E-state index contributed by atoms with van der Waals surface area (Å²) in [6, 6.07) is 5.14. The van der Waals surface area contributed by atoms with Gasteiger partial charge in [-0.25, -0.2) is 0 Å². The molecule has 0 atom stereocenters. The van der Waals surface area contributed by atoms with E-state index in [-0.39, 0.29) is 16.7 Å². The van der Waals surface area contributed by atoms with E-state index in [2.05, 4.69) is 5.32 Å². The third-order valence-electron chi connectivity index (χ3n) is 3.26. The van der Waals surface area contributed by atoms with Crippen LogP contribution in [0.4, 0.5) is 5.69 Å². The first-order chi connectivity index (χ1) is 9.70. The molecule has 0 radical (unpaired) electrons. The van der Waals surface area contributed by atoms with Crippen LogP contribution in [0.5, 0.6) is 5.75 Å². The van der Waals surface area contributed by atoms with Gasteiger partial charge in [0.25, 0.3) is 0 Å². The molecule has 2 rings (SSSR count). The maximum absolute atomic E-state index is 11.2. The largest absolute Gasteiger partial charge is 0.483 e. The molecule has 0 aromatic heterocycles. The molecule has 0 aliphatic carbocycles. The van der Waals surface area contributed by atoms with Crippen LogP contribution in [0.1, 0.15) is 25.3 Å². The first kappa shape index (κ1) is 14.7. The summed E-state index contributed by atoms with van der Waals surface area (Å²) in [4.78, 5) is 10.8. The highest BCUT2D eigenvalue weighted by Crippen LogP contribution is 2.30. The molecular formula is C14H20N2O4. The molecular weight excluding hydrogens is 260 g/mol. The lowest BCUT2D eigenvalue weighted by Crippen LogP contribution is -2.26. The second-order valence-electron chi connectivity index (χ2n) is 4.77. The van der Waals surface area contributed by atoms with Crippen molar-refractivity contribution in [3.63, 3.8) is 0 Å². The van der Waals surface area contributed by atoms with Gasteiger partial charge in [-0.2, -0.15) is 0 Å². The van der Waals surface area contributed by atoms with E-state index >= 15 is 0 Å². The van der Waals surface area contributed by atoms with Crippen LogP contribution in [0.3, 0.4) is 0 Å². The molecule has 1 saturated heterocycles. The van der Waals surface area contributed by atoms with Gasteiger partial charge in [-0.3, -0.25) is 10.1 Å². The SMILES string of the molecule is CCNCc1ccc(OC2CCOCC2)c([N+](=O)[O-])c1. The predicted octanol–water partition coefficient (Wildman–Crippen LogP) is 2.26. The Morgan fingerprint density at radius 1 is 1.45 bits per heavy atom. The van der Waals surface area contributed by atoms with Crippen LogP contribution in [-0.2, 0) is 11.3 Å². The molecule has 1 aromatic carbocycles. The normalized spacial score (nSPS) is 16.1. The monoisotopic (exact) mass is 280 g/mol. The fourth-order valence-electron chi connectivity index (χ4n) is 2.16. The van der Waals surface area contributed by atoms with Crippen molar-refractivity contribution in [2.45, 2.75) is 32.4 Å². The van der Waals surface area contributed by atoms with E-state index in [9.17, 15) is 10.1 Å². The molecule has 0 amide bonds. The van der Waals surface area contributed by atoms with Gasteiger partial charge in [-0.05, 0) is 18.2 Å². The minimum atomic E-state index is -0.385. The maximum atomic E-state index is 11.2. The number of rotatable bonds is 6. The Morgan fingerprint density at radius 3 is 2.85 bits per heavy atom. The molecule has 0 saturated carbocycles. The van der Waals surface area contributed by atoms with Crippen LogP contribution < -0.4 is 10.1 Å². The molecule has 1 aliphatic heterocycles. The standard InChI is InChI=1S/C14H20N2O4/c1-2-15-10-11-3-4-14(13(9-11)16(17)18)20-12-5-7-19-8-6-12/h3-4,9,12,15H,2,5-8,10H2,1H3. The van der Waals surface area contributed by atoms with E-state index in [0.29, 0.717) is 25.5 Å². The highest BCUT2D eigenvalue weighted by Gasteiger charge is 2.21. The zero-order chi connectivity index (χ0) is 14.4. The van der Waals surface area contributed by atoms with Crippen molar-refractivity contribution in [3.05, 3.63) is 33.9 Å². The molecule has 6 heteroatoms. The third-order valence-corrected chi connectivity index (χ3v) is 3.26. The molecule has 0 unspecified atom stereocenters. The number of nitro benzene ring substituents is 1. The van der Waals surface area contributed by atoms with Gasteiger partial charge < -0.3 is 14.8 Å². The molecule has 0 bridgehead atoms. The lowest BCUT2D eigenvalue weighted by Gasteiger charge is -2.23. The zero-order valence-corrected chi connectivity index (χ0v) is 11.6. The summed E-state index contributed by atoms with van der Waals surface area (Å²) in [5.41, 5.74) is 0.921. The van der Waals surface area contributed by atoms with Gasteiger partial charge >= 0.3 is 5.69 Å². The van der Waals surface area contributed by atoms with Crippen LogP contribution in [0.2, 0.25) is 0 Å². The van der Waals surface area contributed by atoms with Gasteiger partial charge in [-0.1, -0.05) is 13.0 Å². The minimum Gasteiger partial charge on any atom is -0.483 e. The van der Waals surface area contributed by atoms with Crippen molar-refractivity contribution in [1.82, 2.24) is 5.32 Å².